The predicted molar refractivity (Wildman–Crippen MR) is 106 cm³/mol. The van der Waals surface area contributed by atoms with Crippen molar-refractivity contribution in [1.82, 2.24) is 4.90 Å². The van der Waals surface area contributed by atoms with Crippen molar-refractivity contribution >= 4 is 11.7 Å². The van der Waals surface area contributed by atoms with Crippen molar-refractivity contribution in [2.75, 3.05) is 13.2 Å². The number of amides is 1. The number of carbonyl (C=O) groups is 2. The van der Waals surface area contributed by atoms with E-state index < -0.39 is 17.7 Å². The van der Waals surface area contributed by atoms with E-state index in [1.165, 1.54) is 0 Å². The van der Waals surface area contributed by atoms with E-state index in [2.05, 4.69) is 0 Å². The maximum Gasteiger partial charge on any atom is 0.290 e. The fourth-order valence-electron chi connectivity index (χ4n) is 3.29. The lowest BCUT2D eigenvalue weighted by Gasteiger charge is -2.27. The lowest BCUT2D eigenvalue weighted by molar-refractivity contribution is -0.129. The molecule has 0 saturated carbocycles. The summed E-state index contributed by atoms with van der Waals surface area (Å²) in [6, 6.07) is 6.93. The van der Waals surface area contributed by atoms with Crippen molar-refractivity contribution in [3.8, 4) is 5.75 Å². The molecule has 2 rings (SSSR count). The van der Waals surface area contributed by atoms with Crippen molar-refractivity contribution < 1.29 is 19.4 Å². The zero-order valence-corrected chi connectivity index (χ0v) is 16.8. The Bertz CT molecular complexity index is 691. The summed E-state index contributed by atoms with van der Waals surface area (Å²) in [6.45, 7) is 9.16. The van der Waals surface area contributed by atoms with Gasteiger partial charge < -0.3 is 14.7 Å². The molecule has 0 fully saturated rings. The van der Waals surface area contributed by atoms with Gasteiger partial charge in [0.1, 0.15) is 5.75 Å². The van der Waals surface area contributed by atoms with Gasteiger partial charge in [0.2, 0.25) is 0 Å². The molecule has 0 radical (unpaired) electrons. The lowest BCUT2D eigenvalue weighted by Crippen LogP contribution is -2.32. The number of Topliss-reactive ketones (excluding diaryl/α,β-unsaturated/α-hetero) is 1. The lowest BCUT2D eigenvalue weighted by atomic mass is 9.92. The van der Waals surface area contributed by atoms with E-state index in [4.69, 9.17) is 4.74 Å². The molecule has 1 aliphatic heterocycles. The second-order valence-corrected chi connectivity index (χ2v) is 7.46. The Labute approximate surface area is 162 Å². The molecular formula is C22H31NO4. The largest absolute Gasteiger partial charge is 0.503 e. The molecule has 27 heavy (non-hydrogen) atoms. The van der Waals surface area contributed by atoms with Crippen LogP contribution in [0.1, 0.15) is 65.0 Å². The molecule has 1 aromatic carbocycles. The summed E-state index contributed by atoms with van der Waals surface area (Å²) in [5, 5.41) is 10.5. The maximum absolute atomic E-state index is 12.8. The van der Waals surface area contributed by atoms with Crippen molar-refractivity contribution in [1.29, 1.82) is 0 Å². The molecule has 0 aliphatic carbocycles. The van der Waals surface area contributed by atoms with Crippen molar-refractivity contribution in [3.63, 3.8) is 0 Å². The number of benzene rings is 1. The minimum Gasteiger partial charge on any atom is -0.503 e. The van der Waals surface area contributed by atoms with E-state index >= 15 is 0 Å². The number of hydrogen-bond donors (Lipinski definition) is 1. The standard InChI is InChI=1S/C22H31NO4/c1-5-7-12-23-20(16-8-10-17(11-9-16)27-13-6-2)19(21(25)22(23)26)18(24)14-15(3)4/h8-11,15,20,25H,5-7,12-14H2,1-4H3. The van der Waals surface area contributed by atoms with Crippen LogP contribution in [0.4, 0.5) is 0 Å². The summed E-state index contributed by atoms with van der Waals surface area (Å²) in [5.41, 5.74) is 1.05. The normalized spacial score (nSPS) is 17.1. The minimum atomic E-state index is -0.532. The van der Waals surface area contributed by atoms with E-state index in [9.17, 15) is 14.7 Å². The van der Waals surface area contributed by atoms with E-state index in [0.29, 0.717) is 19.6 Å². The highest BCUT2D eigenvalue weighted by Gasteiger charge is 2.42. The number of carbonyl (C=O) groups excluding carboxylic acids is 2. The van der Waals surface area contributed by atoms with Crippen LogP contribution in [0.25, 0.3) is 0 Å². The number of ether oxygens (including phenoxy) is 1. The van der Waals surface area contributed by atoms with Crippen LogP contribution < -0.4 is 4.74 Å². The SMILES string of the molecule is CCCCN1C(=O)C(O)=C(C(=O)CC(C)C)C1c1ccc(OCCC)cc1. The van der Waals surface area contributed by atoms with E-state index in [-0.39, 0.29) is 17.3 Å². The molecule has 0 saturated heterocycles. The Balaban J connectivity index is 2.38. The summed E-state index contributed by atoms with van der Waals surface area (Å²) in [7, 11) is 0. The third kappa shape index (κ3) is 4.90. The Morgan fingerprint density at radius 3 is 2.41 bits per heavy atom. The third-order valence-corrected chi connectivity index (χ3v) is 4.62. The van der Waals surface area contributed by atoms with Crippen LogP contribution >= 0.6 is 0 Å². The van der Waals surface area contributed by atoms with Gasteiger partial charge in [-0.2, -0.15) is 0 Å². The Morgan fingerprint density at radius 2 is 1.85 bits per heavy atom. The molecule has 1 atom stereocenters. The molecule has 1 heterocycles. The molecule has 1 unspecified atom stereocenters. The first-order valence-corrected chi connectivity index (χ1v) is 9.90. The van der Waals surface area contributed by atoms with E-state index in [0.717, 1.165) is 30.6 Å². The molecule has 0 bridgehead atoms. The summed E-state index contributed by atoms with van der Waals surface area (Å²) < 4.78 is 5.62. The van der Waals surface area contributed by atoms with Crippen LogP contribution in [0.5, 0.6) is 5.75 Å². The zero-order valence-electron chi connectivity index (χ0n) is 16.8. The molecular weight excluding hydrogens is 342 g/mol. The van der Waals surface area contributed by atoms with Gasteiger partial charge in [0.15, 0.2) is 11.5 Å². The van der Waals surface area contributed by atoms with Gasteiger partial charge in [0.05, 0.1) is 18.2 Å². The first kappa shape index (κ1) is 21.0. The topological polar surface area (TPSA) is 66.8 Å². The predicted octanol–water partition coefficient (Wildman–Crippen LogP) is 4.59. The first-order chi connectivity index (χ1) is 12.9. The number of unbranched alkanes of at least 4 members (excludes halogenated alkanes) is 1. The molecule has 1 aliphatic rings. The first-order valence-electron chi connectivity index (χ1n) is 9.90. The monoisotopic (exact) mass is 373 g/mol. The van der Waals surface area contributed by atoms with Gasteiger partial charge >= 0.3 is 0 Å². The summed E-state index contributed by atoms with van der Waals surface area (Å²) in [4.78, 5) is 27.1. The highest BCUT2D eigenvalue weighted by Crippen LogP contribution is 2.39. The minimum absolute atomic E-state index is 0.156. The number of hydrogen-bond acceptors (Lipinski definition) is 4. The van der Waals surface area contributed by atoms with E-state index in [1.54, 1.807) is 4.90 Å². The summed E-state index contributed by atoms with van der Waals surface area (Å²) in [6.07, 6.45) is 2.98. The van der Waals surface area contributed by atoms with Crippen LogP contribution in [0.2, 0.25) is 0 Å². The summed E-state index contributed by atoms with van der Waals surface area (Å²) >= 11 is 0. The second-order valence-electron chi connectivity index (χ2n) is 7.46. The second kappa shape index (κ2) is 9.58. The fourth-order valence-corrected chi connectivity index (χ4v) is 3.29. The van der Waals surface area contributed by atoms with Gasteiger partial charge in [-0.1, -0.05) is 46.2 Å². The smallest absolute Gasteiger partial charge is 0.290 e. The molecule has 1 aromatic rings. The average Bonchev–Trinajstić information content (AvgIpc) is 2.89. The van der Waals surface area contributed by atoms with Crippen LogP contribution in [-0.2, 0) is 9.59 Å². The number of ketones is 1. The Kier molecular flexibility index (Phi) is 7.45. The highest BCUT2D eigenvalue weighted by molar-refractivity contribution is 6.09. The van der Waals surface area contributed by atoms with Crippen LogP contribution in [-0.4, -0.2) is 34.8 Å². The van der Waals surface area contributed by atoms with Gasteiger partial charge in [0.25, 0.3) is 5.91 Å². The molecule has 0 spiro atoms. The van der Waals surface area contributed by atoms with Gasteiger partial charge in [-0.15, -0.1) is 0 Å². The fraction of sp³-hybridized carbons (Fsp3) is 0.545. The number of aliphatic hydroxyl groups excluding tert-OH is 1. The highest BCUT2D eigenvalue weighted by atomic mass is 16.5. The van der Waals surface area contributed by atoms with E-state index in [1.807, 2.05) is 52.0 Å². The molecule has 5 nitrogen and oxygen atoms in total. The molecule has 5 heteroatoms. The number of aliphatic hydroxyl groups is 1. The van der Waals surface area contributed by atoms with Crippen LogP contribution in [0.3, 0.4) is 0 Å². The van der Waals surface area contributed by atoms with Gasteiger partial charge in [-0.3, -0.25) is 9.59 Å². The van der Waals surface area contributed by atoms with Gasteiger partial charge in [-0.25, -0.2) is 0 Å². The van der Waals surface area contributed by atoms with Gasteiger partial charge in [0, 0.05) is 13.0 Å². The Hall–Kier alpha value is -2.30. The zero-order chi connectivity index (χ0) is 20.0. The number of nitrogens with zero attached hydrogens (tertiary/aromatic N) is 1. The van der Waals surface area contributed by atoms with Crippen molar-refractivity contribution in [3.05, 3.63) is 41.2 Å². The molecule has 148 valence electrons. The van der Waals surface area contributed by atoms with Crippen LogP contribution in [0.15, 0.2) is 35.6 Å². The number of rotatable bonds is 10. The van der Waals surface area contributed by atoms with Crippen LogP contribution in [0, 0.1) is 5.92 Å². The molecule has 0 aromatic heterocycles. The Morgan fingerprint density at radius 1 is 1.19 bits per heavy atom. The quantitative estimate of drug-likeness (QED) is 0.651. The molecule has 1 N–H and O–H groups in total. The van der Waals surface area contributed by atoms with Crippen molar-refractivity contribution in [2.24, 2.45) is 5.92 Å². The average molecular weight is 373 g/mol. The molecule has 1 amide bonds. The van der Waals surface area contributed by atoms with Crippen molar-refractivity contribution in [2.45, 2.75) is 59.4 Å². The summed E-state index contributed by atoms with van der Waals surface area (Å²) in [5.74, 6) is -0.0950. The van der Waals surface area contributed by atoms with Gasteiger partial charge in [-0.05, 0) is 36.5 Å². The maximum atomic E-state index is 12.8. The third-order valence-electron chi connectivity index (χ3n) is 4.62.